The number of rotatable bonds is 4. The molecule has 1 aromatic carbocycles. The summed E-state index contributed by atoms with van der Waals surface area (Å²) in [4.78, 5) is 29.6. The molecule has 1 aliphatic heterocycles. The van der Waals surface area contributed by atoms with E-state index >= 15 is 4.39 Å². The Morgan fingerprint density at radius 3 is 2.61 bits per heavy atom. The molecule has 3 N–H and O–H groups in total. The third-order valence-electron chi connectivity index (χ3n) is 5.01. The zero-order valence-corrected chi connectivity index (χ0v) is 15.1. The molecule has 0 bridgehead atoms. The second-order valence-corrected chi connectivity index (χ2v) is 6.61. The van der Waals surface area contributed by atoms with Gasteiger partial charge < -0.3 is 20.7 Å². The van der Waals surface area contributed by atoms with Gasteiger partial charge >= 0.3 is 5.97 Å². The number of nitrogens with zero attached hydrogens (tertiary/aromatic N) is 3. The van der Waals surface area contributed by atoms with Gasteiger partial charge in [-0.05, 0) is 19.2 Å². The number of aromatic nitrogens is 2. The molecular formula is C18H17F2N5O3. The third-order valence-corrected chi connectivity index (χ3v) is 5.01. The number of pyridine rings is 2. The van der Waals surface area contributed by atoms with Crippen LogP contribution in [0.2, 0.25) is 0 Å². The van der Waals surface area contributed by atoms with E-state index in [-0.39, 0.29) is 33.7 Å². The predicted octanol–water partition coefficient (Wildman–Crippen LogP) is 1.11. The largest absolute Gasteiger partial charge is 0.477 e. The first-order chi connectivity index (χ1) is 13.3. The van der Waals surface area contributed by atoms with Gasteiger partial charge in [-0.2, -0.15) is 0 Å². The fourth-order valence-corrected chi connectivity index (χ4v) is 3.43. The standard InChI is InChI=1S/C18H17F2N5O3/c1-21-9-5-24(6-9)15-12(19)4-8-3-10-16(26)11(18(27)28)7-25(22-2)17(10)23-14(8)13(15)20/h3-4,7,9,21-22H,5-6H2,1-2H3,(H,27,28). The van der Waals surface area contributed by atoms with E-state index in [1.54, 1.807) is 11.9 Å². The van der Waals surface area contributed by atoms with Crippen LogP contribution in [-0.2, 0) is 0 Å². The lowest BCUT2D eigenvalue weighted by Crippen LogP contribution is -2.57. The van der Waals surface area contributed by atoms with Crippen LogP contribution in [0.5, 0.6) is 0 Å². The van der Waals surface area contributed by atoms with E-state index in [1.165, 1.54) is 17.8 Å². The molecule has 0 radical (unpaired) electrons. The van der Waals surface area contributed by atoms with Crippen molar-refractivity contribution in [3.8, 4) is 0 Å². The second-order valence-electron chi connectivity index (χ2n) is 6.61. The van der Waals surface area contributed by atoms with Crippen LogP contribution in [0.15, 0.2) is 23.1 Å². The zero-order valence-electron chi connectivity index (χ0n) is 15.1. The van der Waals surface area contributed by atoms with Gasteiger partial charge in [0.1, 0.15) is 22.6 Å². The summed E-state index contributed by atoms with van der Waals surface area (Å²) in [6.45, 7) is 0.930. The van der Waals surface area contributed by atoms with Crippen LogP contribution in [0.3, 0.4) is 0 Å². The summed E-state index contributed by atoms with van der Waals surface area (Å²) in [6.07, 6.45) is 1.08. The molecule has 0 spiro atoms. The molecule has 3 heterocycles. The summed E-state index contributed by atoms with van der Waals surface area (Å²) in [6, 6.07) is 2.54. The van der Waals surface area contributed by atoms with E-state index in [0.717, 1.165) is 12.3 Å². The summed E-state index contributed by atoms with van der Waals surface area (Å²) in [7, 11) is 3.29. The average molecular weight is 389 g/mol. The van der Waals surface area contributed by atoms with Crippen molar-refractivity contribution in [2.24, 2.45) is 0 Å². The van der Waals surface area contributed by atoms with Gasteiger partial charge in [0.25, 0.3) is 0 Å². The van der Waals surface area contributed by atoms with E-state index in [4.69, 9.17) is 0 Å². The van der Waals surface area contributed by atoms with Crippen molar-refractivity contribution in [1.29, 1.82) is 0 Å². The Morgan fingerprint density at radius 2 is 2.00 bits per heavy atom. The Bertz CT molecular complexity index is 1190. The zero-order chi connectivity index (χ0) is 20.2. The Morgan fingerprint density at radius 1 is 1.29 bits per heavy atom. The Hall–Kier alpha value is -3.27. The molecule has 146 valence electrons. The number of aromatic carboxylic acids is 1. The number of carboxylic acid groups (broad SMARTS) is 1. The first-order valence-electron chi connectivity index (χ1n) is 8.57. The summed E-state index contributed by atoms with van der Waals surface area (Å²) < 4.78 is 31.0. The van der Waals surface area contributed by atoms with Gasteiger partial charge in [0.15, 0.2) is 11.5 Å². The maximum absolute atomic E-state index is 15.1. The Balaban J connectivity index is 1.99. The molecule has 1 fully saturated rings. The SMILES string of the molecule is CNC1CN(c2c(F)cc3cc4c(=O)c(C(=O)O)cn(NC)c4nc3c2F)C1. The third kappa shape index (κ3) is 2.56. The summed E-state index contributed by atoms with van der Waals surface area (Å²) in [5, 5.41) is 12.3. The van der Waals surface area contributed by atoms with Gasteiger partial charge in [0, 0.05) is 37.8 Å². The molecule has 1 aliphatic rings. The van der Waals surface area contributed by atoms with E-state index in [0.29, 0.717) is 13.1 Å². The lowest BCUT2D eigenvalue weighted by atomic mass is 10.0. The molecule has 0 amide bonds. The first kappa shape index (κ1) is 18.1. The highest BCUT2D eigenvalue weighted by Crippen LogP contribution is 2.33. The van der Waals surface area contributed by atoms with Crippen LogP contribution >= 0.6 is 0 Å². The van der Waals surface area contributed by atoms with Crippen molar-refractivity contribution in [3.05, 3.63) is 45.8 Å². The number of likely N-dealkylation sites (N-methyl/N-ethyl adjacent to an activating group) is 1. The molecule has 28 heavy (non-hydrogen) atoms. The van der Waals surface area contributed by atoms with E-state index in [1.807, 2.05) is 0 Å². The lowest BCUT2D eigenvalue weighted by molar-refractivity contribution is 0.0695. The van der Waals surface area contributed by atoms with Crippen molar-refractivity contribution >= 4 is 33.6 Å². The molecule has 4 rings (SSSR count). The number of halogens is 2. The topological polar surface area (TPSA) is 99.5 Å². The number of hydrogen-bond acceptors (Lipinski definition) is 6. The van der Waals surface area contributed by atoms with Crippen molar-refractivity contribution in [2.45, 2.75) is 6.04 Å². The normalized spacial score (nSPS) is 14.5. The Labute approximate surface area is 157 Å². The second kappa shape index (κ2) is 6.41. The van der Waals surface area contributed by atoms with Gasteiger partial charge in [-0.3, -0.25) is 4.79 Å². The van der Waals surface area contributed by atoms with Crippen LogP contribution in [0.25, 0.3) is 21.9 Å². The van der Waals surface area contributed by atoms with Gasteiger partial charge in [0.2, 0.25) is 5.43 Å². The van der Waals surface area contributed by atoms with Gasteiger partial charge in [-0.1, -0.05) is 0 Å². The van der Waals surface area contributed by atoms with Crippen LogP contribution in [0.4, 0.5) is 14.5 Å². The predicted molar refractivity (Wildman–Crippen MR) is 101 cm³/mol. The van der Waals surface area contributed by atoms with Crippen molar-refractivity contribution in [1.82, 2.24) is 15.0 Å². The van der Waals surface area contributed by atoms with E-state index in [2.05, 4.69) is 15.7 Å². The molecule has 3 aromatic rings. The minimum Gasteiger partial charge on any atom is -0.477 e. The fraction of sp³-hybridized carbons (Fsp3) is 0.278. The van der Waals surface area contributed by atoms with E-state index < -0.39 is 28.6 Å². The molecule has 2 aromatic heterocycles. The lowest BCUT2D eigenvalue weighted by Gasteiger charge is -2.41. The van der Waals surface area contributed by atoms with Gasteiger partial charge in [0.05, 0.1) is 5.39 Å². The number of anilines is 1. The molecule has 10 heteroatoms. The van der Waals surface area contributed by atoms with Crippen LogP contribution in [0, 0.1) is 11.6 Å². The van der Waals surface area contributed by atoms with Crippen LogP contribution in [0.1, 0.15) is 10.4 Å². The monoisotopic (exact) mass is 389 g/mol. The van der Waals surface area contributed by atoms with Gasteiger partial charge in [-0.15, -0.1) is 0 Å². The number of fused-ring (bicyclic) bond motifs is 2. The molecule has 0 atom stereocenters. The molecule has 1 saturated heterocycles. The van der Waals surface area contributed by atoms with Crippen LogP contribution < -0.4 is 21.1 Å². The number of benzene rings is 1. The Kier molecular flexibility index (Phi) is 4.15. The van der Waals surface area contributed by atoms with Crippen molar-refractivity contribution < 1.29 is 18.7 Å². The highest BCUT2D eigenvalue weighted by Gasteiger charge is 2.31. The minimum atomic E-state index is -1.40. The average Bonchev–Trinajstić information content (AvgIpc) is 2.62. The maximum atomic E-state index is 15.1. The molecule has 0 aliphatic carbocycles. The fourth-order valence-electron chi connectivity index (χ4n) is 3.43. The first-order valence-corrected chi connectivity index (χ1v) is 8.57. The van der Waals surface area contributed by atoms with Gasteiger partial charge in [-0.25, -0.2) is 23.2 Å². The molecular weight excluding hydrogens is 372 g/mol. The number of nitrogens with one attached hydrogen (secondary N) is 2. The highest BCUT2D eigenvalue weighted by atomic mass is 19.1. The summed E-state index contributed by atoms with van der Waals surface area (Å²) >= 11 is 0. The van der Waals surface area contributed by atoms with E-state index in [9.17, 15) is 19.1 Å². The summed E-state index contributed by atoms with van der Waals surface area (Å²) in [5.74, 6) is -2.98. The molecule has 8 nitrogen and oxygen atoms in total. The number of carbonyl (C=O) groups is 1. The summed E-state index contributed by atoms with van der Waals surface area (Å²) in [5.41, 5.74) is 1.25. The van der Waals surface area contributed by atoms with Crippen LogP contribution in [-0.4, -0.2) is 54.0 Å². The molecule has 0 unspecified atom stereocenters. The van der Waals surface area contributed by atoms with Crippen molar-refractivity contribution in [3.63, 3.8) is 0 Å². The smallest absolute Gasteiger partial charge is 0.341 e. The number of carboxylic acids is 1. The highest BCUT2D eigenvalue weighted by molar-refractivity contribution is 5.97. The quantitative estimate of drug-likeness (QED) is 0.575. The number of hydrogen-bond donors (Lipinski definition) is 3. The minimum absolute atomic E-state index is 0.0486. The molecule has 0 saturated carbocycles. The maximum Gasteiger partial charge on any atom is 0.341 e. The van der Waals surface area contributed by atoms with Crippen molar-refractivity contribution in [2.75, 3.05) is 37.5 Å².